The molecular formula is C21H17N3O3S. The van der Waals surface area contributed by atoms with Crippen LogP contribution in [0.3, 0.4) is 0 Å². The highest BCUT2D eigenvalue weighted by Gasteiger charge is 2.30. The van der Waals surface area contributed by atoms with Crippen LogP contribution in [0.1, 0.15) is 26.8 Å². The minimum Gasteiger partial charge on any atom is -0.361 e. The summed E-state index contributed by atoms with van der Waals surface area (Å²) in [5, 5.41) is 14.4. The van der Waals surface area contributed by atoms with Gasteiger partial charge in [0.05, 0.1) is 11.0 Å². The summed E-state index contributed by atoms with van der Waals surface area (Å²) >= 11 is 1.55. The Balaban J connectivity index is 1.82. The molecule has 1 amide bonds. The Morgan fingerprint density at radius 2 is 1.86 bits per heavy atom. The van der Waals surface area contributed by atoms with E-state index in [0.29, 0.717) is 0 Å². The molecule has 0 saturated carbocycles. The van der Waals surface area contributed by atoms with Crippen LogP contribution in [0.25, 0.3) is 10.9 Å². The molecular weight excluding hydrogens is 374 g/mol. The highest BCUT2D eigenvalue weighted by Crippen LogP contribution is 2.36. The van der Waals surface area contributed by atoms with E-state index < -0.39 is 10.8 Å². The molecule has 0 spiro atoms. The van der Waals surface area contributed by atoms with Gasteiger partial charge in [0.15, 0.2) is 0 Å². The van der Waals surface area contributed by atoms with E-state index in [4.69, 9.17) is 0 Å². The summed E-state index contributed by atoms with van der Waals surface area (Å²) in [6.45, 7) is 0. The lowest BCUT2D eigenvalue weighted by atomic mass is 10.0. The maximum atomic E-state index is 13.3. The molecule has 7 heteroatoms. The predicted molar refractivity (Wildman–Crippen MR) is 110 cm³/mol. The number of amides is 1. The first-order chi connectivity index (χ1) is 13.6. The molecule has 0 aliphatic carbocycles. The third-order valence-electron chi connectivity index (χ3n) is 4.77. The fraction of sp³-hybridized carbons (Fsp3) is 0.0952. The van der Waals surface area contributed by atoms with Crippen molar-refractivity contribution in [1.82, 2.24) is 9.88 Å². The van der Waals surface area contributed by atoms with Crippen molar-refractivity contribution in [3.63, 3.8) is 0 Å². The number of aromatic nitrogens is 1. The van der Waals surface area contributed by atoms with Gasteiger partial charge in [-0.1, -0.05) is 36.4 Å². The smallest absolute Gasteiger partial charge is 0.282 e. The Hall–Kier alpha value is -3.45. The lowest BCUT2D eigenvalue weighted by Crippen LogP contribution is -2.32. The van der Waals surface area contributed by atoms with Gasteiger partial charge in [-0.05, 0) is 23.6 Å². The van der Waals surface area contributed by atoms with Crippen LogP contribution in [0.2, 0.25) is 0 Å². The van der Waals surface area contributed by atoms with Crippen molar-refractivity contribution >= 4 is 33.8 Å². The molecule has 2 aromatic carbocycles. The van der Waals surface area contributed by atoms with Gasteiger partial charge in [0.2, 0.25) is 0 Å². The van der Waals surface area contributed by atoms with Gasteiger partial charge in [0, 0.05) is 40.7 Å². The first-order valence-electron chi connectivity index (χ1n) is 8.68. The zero-order valence-electron chi connectivity index (χ0n) is 15.0. The number of fused-ring (bicyclic) bond motifs is 1. The first kappa shape index (κ1) is 17.9. The molecule has 140 valence electrons. The molecule has 6 nitrogen and oxygen atoms in total. The number of hydrogen-bond acceptors (Lipinski definition) is 4. The average molecular weight is 391 g/mol. The zero-order chi connectivity index (χ0) is 19.7. The van der Waals surface area contributed by atoms with Crippen molar-refractivity contribution in [1.29, 1.82) is 0 Å². The van der Waals surface area contributed by atoms with Crippen molar-refractivity contribution in [2.75, 3.05) is 7.05 Å². The third-order valence-corrected chi connectivity index (χ3v) is 5.69. The summed E-state index contributed by atoms with van der Waals surface area (Å²) < 4.78 is 0. The first-order valence-corrected chi connectivity index (χ1v) is 9.56. The maximum absolute atomic E-state index is 13.3. The fourth-order valence-electron chi connectivity index (χ4n) is 3.44. The number of carbonyl (C=O) groups is 1. The molecule has 0 unspecified atom stereocenters. The Kier molecular flexibility index (Phi) is 4.67. The second-order valence-electron chi connectivity index (χ2n) is 6.40. The van der Waals surface area contributed by atoms with E-state index in [2.05, 4.69) is 4.98 Å². The van der Waals surface area contributed by atoms with Gasteiger partial charge in [-0.15, -0.1) is 11.3 Å². The molecule has 0 radical (unpaired) electrons. The molecule has 4 rings (SSSR count). The molecule has 28 heavy (non-hydrogen) atoms. The molecule has 2 heterocycles. The number of thiophene rings is 1. The number of nitro groups is 1. The Morgan fingerprint density at radius 3 is 2.61 bits per heavy atom. The van der Waals surface area contributed by atoms with E-state index in [0.717, 1.165) is 21.3 Å². The summed E-state index contributed by atoms with van der Waals surface area (Å²) in [4.78, 5) is 29.9. The number of hydrogen-bond donors (Lipinski definition) is 1. The summed E-state index contributed by atoms with van der Waals surface area (Å²) in [5.74, 6) is -0.393. The number of carbonyl (C=O) groups excluding carboxylic acids is 1. The zero-order valence-corrected chi connectivity index (χ0v) is 15.8. The number of para-hydroxylation sites is 2. The SMILES string of the molecule is CN(C(=O)c1ccccc1[N+](=O)[O-])[C@H](c1cccs1)c1c[nH]c2ccccc12. The van der Waals surface area contributed by atoms with Crippen LogP contribution in [0.5, 0.6) is 0 Å². The minimum absolute atomic E-state index is 0.0800. The number of nitro benzene ring substituents is 1. The lowest BCUT2D eigenvalue weighted by molar-refractivity contribution is -0.385. The molecule has 0 aliphatic heterocycles. The molecule has 0 saturated heterocycles. The van der Waals surface area contributed by atoms with Crippen LogP contribution in [-0.2, 0) is 0 Å². The second-order valence-corrected chi connectivity index (χ2v) is 7.38. The van der Waals surface area contributed by atoms with Crippen LogP contribution in [0, 0.1) is 10.1 Å². The van der Waals surface area contributed by atoms with Crippen LogP contribution in [0.15, 0.2) is 72.2 Å². The van der Waals surface area contributed by atoms with Crippen LogP contribution in [0.4, 0.5) is 5.69 Å². The summed E-state index contributed by atoms with van der Waals surface area (Å²) in [6.07, 6.45) is 1.90. The number of rotatable bonds is 5. The number of benzene rings is 2. The van der Waals surface area contributed by atoms with Gasteiger partial charge in [-0.3, -0.25) is 14.9 Å². The lowest BCUT2D eigenvalue weighted by Gasteiger charge is -2.27. The summed E-state index contributed by atoms with van der Waals surface area (Å²) in [5.41, 5.74) is 1.82. The van der Waals surface area contributed by atoms with E-state index in [1.807, 2.05) is 48.0 Å². The van der Waals surface area contributed by atoms with Crippen molar-refractivity contribution in [3.8, 4) is 0 Å². The van der Waals surface area contributed by atoms with E-state index >= 15 is 0 Å². The summed E-state index contributed by atoms with van der Waals surface area (Å²) in [6, 6.07) is 17.5. The Morgan fingerprint density at radius 1 is 1.11 bits per heavy atom. The standard InChI is InChI=1S/C21H17N3O3S/c1-23(21(25)15-8-3-5-10-18(15)24(26)27)20(19-11-6-12-28-19)16-13-22-17-9-4-2-7-14(16)17/h2-13,20,22H,1H3/t20-/m0/s1. The molecule has 4 aromatic rings. The van der Waals surface area contributed by atoms with Crippen molar-refractivity contribution in [2.45, 2.75) is 6.04 Å². The van der Waals surface area contributed by atoms with Crippen molar-refractivity contribution < 1.29 is 9.72 Å². The largest absolute Gasteiger partial charge is 0.361 e. The van der Waals surface area contributed by atoms with Crippen LogP contribution >= 0.6 is 11.3 Å². The van der Waals surface area contributed by atoms with Crippen molar-refractivity contribution in [3.05, 3.63) is 98.4 Å². The Bertz CT molecular complexity index is 1150. The number of nitrogens with one attached hydrogen (secondary N) is 1. The van der Waals surface area contributed by atoms with Gasteiger partial charge in [0.1, 0.15) is 5.56 Å². The van der Waals surface area contributed by atoms with Gasteiger partial charge in [0.25, 0.3) is 11.6 Å². The average Bonchev–Trinajstić information content (AvgIpc) is 3.38. The fourth-order valence-corrected chi connectivity index (χ4v) is 4.33. The van der Waals surface area contributed by atoms with Gasteiger partial charge >= 0.3 is 0 Å². The molecule has 2 aromatic heterocycles. The topological polar surface area (TPSA) is 79.2 Å². The quantitative estimate of drug-likeness (QED) is 0.384. The minimum atomic E-state index is -0.521. The normalized spacial score (nSPS) is 12.0. The predicted octanol–water partition coefficient (Wildman–Crippen LogP) is 5.00. The number of aromatic amines is 1. The van der Waals surface area contributed by atoms with E-state index in [1.54, 1.807) is 35.4 Å². The van der Waals surface area contributed by atoms with Crippen LogP contribution < -0.4 is 0 Å². The maximum Gasteiger partial charge on any atom is 0.282 e. The van der Waals surface area contributed by atoms with Gasteiger partial charge in [-0.25, -0.2) is 0 Å². The number of nitrogens with zero attached hydrogens (tertiary/aromatic N) is 2. The van der Waals surface area contributed by atoms with Crippen molar-refractivity contribution in [2.24, 2.45) is 0 Å². The highest BCUT2D eigenvalue weighted by atomic mass is 32.1. The van der Waals surface area contributed by atoms with Gasteiger partial charge in [-0.2, -0.15) is 0 Å². The number of H-pyrrole nitrogens is 1. The van der Waals surface area contributed by atoms with Gasteiger partial charge < -0.3 is 9.88 Å². The monoisotopic (exact) mass is 391 g/mol. The molecule has 0 aliphatic rings. The molecule has 0 bridgehead atoms. The molecule has 0 fully saturated rings. The molecule has 1 atom stereocenters. The van der Waals surface area contributed by atoms with E-state index in [9.17, 15) is 14.9 Å². The van der Waals surface area contributed by atoms with Crippen LogP contribution in [-0.4, -0.2) is 27.8 Å². The summed E-state index contributed by atoms with van der Waals surface area (Å²) in [7, 11) is 1.69. The third kappa shape index (κ3) is 3.05. The second kappa shape index (κ2) is 7.28. The van der Waals surface area contributed by atoms with E-state index in [1.165, 1.54) is 12.1 Å². The van der Waals surface area contributed by atoms with E-state index in [-0.39, 0.29) is 17.3 Å². The molecule has 1 N–H and O–H groups in total. The highest BCUT2D eigenvalue weighted by molar-refractivity contribution is 7.10. The Labute approximate surface area is 165 Å².